The van der Waals surface area contributed by atoms with E-state index in [1.165, 1.54) is 0 Å². The smallest absolute Gasteiger partial charge is 0.187 e. The summed E-state index contributed by atoms with van der Waals surface area (Å²) in [6.07, 6.45) is 1.97. The Kier molecular flexibility index (Phi) is 2.72. The van der Waals surface area contributed by atoms with Gasteiger partial charge in [-0.2, -0.15) is 5.10 Å². The zero-order valence-corrected chi connectivity index (χ0v) is 10.3. The molecule has 1 heterocycles. The summed E-state index contributed by atoms with van der Waals surface area (Å²) in [5.74, 6) is 0. The van der Waals surface area contributed by atoms with E-state index in [1.807, 2.05) is 35.1 Å². The Morgan fingerprint density at radius 1 is 1.24 bits per heavy atom. The van der Waals surface area contributed by atoms with Crippen LogP contribution in [0.1, 0.15) is 20.8 Å². The number of benzene rings is 1. The molecule has 86 valence electrons. The van der Waals surface area contributed by atoms with Crippen molar-refractivity contribution in [2.75, 3.05) is 0 Å². The van der Waals surface area contributed by atoms with Crippen LogP contribution in [0.15, 0.2) is 36.5 Å². The lowest BCUT2D eigenvalue weighted by Gasteiger charge is -2.18. The zero-order valence-electron chi connectivity index (χ0n) is 10.3. The van der Waals surface area contributed by atoms with Crippen molar-refractivity contribution in [1.29, 1.82) is 0 Å². The third-order valence-corrected chi connectivity index (χ3v) is 2.55. The molecule has 3 nitrogen and oxygen atoms in total. The summed E-state index contributed by atoms with van der Waals surface area (Å²) in [5, 5.41) is 4.54. The molecule has 2 rings (SSSR count). The highest BCUT2D eigenvalue weighted by Crippen LogP contribution is 2.24. The highest BCUT2D eigenvalue weighted by Gasteiger charge is 2.14. The van der Waals surface area contributed by atoms with Gasteiger partial charge in [-0.1, -0.05) is 18.2 Å². The highest BCUT2D eigenvalue weighted by molar-refractivity contribution is 5.65. The van der Waals surface area contributed by atoms with Gasteiger partial charge in [0.2, 0.25) is 0 Å². The van der Waals surface area contributed by atoms with Gasteiger partial charge in [-0.3, -0.25) is 4.68 Å². The molecule has 0 atom stereocenters. The van der Waals surface area contributed by atoms with E-state index < -0.39 is 0 Å². The summed E-state index contributed by atoms with van der Waals surface area (Å²) in [7, 11) is 0. The van der Waals surface area contributed by atoms with E-state index in [0.29, 0.717) is 5.69 Å². The predicted octanol–water partition coefficient (Wildman–Crippen LogP) is 3.86. The van der Waals surface area contributed by atoms with Gasteiger partial charge in [0.05, 0.1) is 17.8 Å². The second-order valence-electron chi connectivity index (χ2n) is 4.98. The molecule has 0 fully saturated rings. The van der Waals surface area contributed by atoms with Crippen LogP contribution in [0, 0.1) is 6.57 Å². The Morgan fingerprint density at radius 3 is 2.59 bits per heavy atom. The molecule has 0 unspecified atom stereocenters. The van der Waals surface area contributed by atoms with Crippen molar-refractivity contribution in [2.45, 2.75) is 26.3 Å². The predicted molar refractivity (Wildman–Crippen MR) is 68.9 cm³/mol. The normalized spacial score (nSPS) is 11.2. The van der Waals surface area contributed by atoms with Crippen molar-refractivity contribution >= 4 is 5.69 Å². The molecule has 0 saturated heterocycles. The Labute approximate surface area is 102 Å². The molecule has 2 aromatic rings. The maximum Gasteiger partial charge on any atom is 0.187 e. The van der Waals surface area contributed by atoms with Crippen molar-refractivity contribution in [3.8, 4) is 11.3 Å². The molecule has 0 N–H and O–H groups in total. The summed E-state index contributed by atoms with van der Waals surface area (Å²) < 4.78 is 1.94. The first-order chi connectivity index (χ1) is 8.00. The first-order valence-electron chi connectivity index (χ1n) is 5.55. The maximum absolute atomic E-state index is 7.01. The largest absolute Gasteiger partial charge is 0.267 e. The average Bonchev–Trinajstić information content (AvgIpc) is 2.78. The van der Waals surface area contributed by atoms with Crippen LogP contribution in [0.3, 0.4) is 0 Å². The fraction of sp³-hybridized carbons (Fsp3) is 0.286. The summed E-state index contributed by atoms with van der Waals surface area (Å²) in [4.78, 5) is 3.43. The van der Waals surface area contributed by atoms with Gasteiger partial charge in [-0.15, -0.1) is 0 Å². The van der Waals surface area contributed by atoms with Crippen molar-refractivity contribution in [3.05, 3.63) is 47.9 Å². The molecule has 1 aromatic carbocycles. The molecule has 0 aliphatic rings. The van der Waals surface area contributed by atoms with Crippen molar-refractivity contribution in [1.82, 2.24) is 9.78 Å². The van der Waals surface area contributed by atoms with E-state index >= 15 is 0 Å². The molecule has 0 aliphatic carbocycles. The Morgan fingerprint density at radius 2 is 2.00 bits per heavy atom. The van der Waals surface area contributed by atoms with Crippen molar-refractivity contribution in [2.24, 2.45) is 0 Å². The van der Waals surface area contributed by atoms with E-state index in [-0.39, 0.29) is 5.54 Å². The Bertz CT molecular complexity index is 568. The fourth-order valence-electron chi connectivity index (χ4n) is 1.59. The SMILES string of the molecule is [C-]#[N+]c1cccc(-c2ccn(C(C)(C)C)n2)c1. The molecule has 0 spiro atoms. The van der Waals surface area contributed by atoms with Gasteiger partial charge in [-0.25, -0.2) is 4.85 Å². The summed E-state index contributed by atoms with van der Waals surface area (Å²) in [6, 6.07) is 9.51. The summed E-state index contributed by atoms with van der Waals surface area (Å²) in [5.41, 5.74) is 2.52. The molecule has 0 aliphatic heterocycles. The number of hydrogen-bond acceptors (Lipinski definition) is 1. The zero-order chi connectivity index (χ0) is 12.5. The average molecular weight is 225 g/mol. The summed E-state index contributed by atoms with van der Waals surface area (Å²) >= 11 is 0. The van der Waals surface area contributed by atoms with Crippen LogP contribution in [0.25, 0.3) is 16.1 Å². The third-order valence-electron chi connectivity index (χ3n) is 2.55. The second-order valence-corrected chi connectivity index (χ2v) is 4.98. The van der Waals surface area contributed by atoms with Crippen LogP contribution in [-0.2, 0) is 5.54 Å². The number of hydrogen-bond donors (Lipinski definition) is 0. The minimum atomic E-state index is -0.0182. The molecule has 0 amide bonds. The van der Waals surface area contributed by atoms with Gasteiger partial charge >= 0.3 is 0 Å². The van der Waals surface area contributed by atoms with Crippen LogP contribution < -0.4 is 0 Å². The lowest BCUT2D eigenvalue weighted by Crippen LogP contribution is -2.22. The van der Waals surface area contributed by atoms with Gasteiger partial charge in [-0.05, 0) is 38.5 Å². The third kappa shape index (κ3) is 2.36. The van der Waals surface area contributed by atoms with Crippen molar-refractivity contribution < 1.29 is 0 Å². The highest BCUT2D eigenvalue weighted by atomic mass is 15.3. The molecular weight excluding hydrogens is 210 g/mol. The molecule has 17 heavy (non-hydrogen) atoms. The van der Waals surface area contributed by atoms with Crippen LogP contribution in [0.5, 0.6) is 0 Å². The Hall–Kier alpha value is -2.08. The molecule has 0 bridgehead atoms. The number of aromatic nitrogens is 2. The fourth-order valence-corrected chi connectivity index (χ4v) is 1.59. The molecule has 0 radical (unpaired) electrons. The van der Waals surface area contributed by atoms with E-state index in [1.54, 1.807) is 6.07 Å². The van der Waals surface area contributed by atoms with Gasteiger partial charge in [0, 0.05) is 6.20 Å². The minimum absolute atomic E-state index is 0.0182. The lowest BCUT2D eigenvalue weighted by molar-refractivity contribution is 0.356. The maximum atomic E-state index is 7.01. The first kappa shape index (κ1) is 11.4. The molecule has 0 saturated carbocycles. The Balaban J connectivity index is 2.41. The van der Waals surface area contributed by atoms with Crippen molar-refractivity contribution in [3.63, 3.8) is 0 Å². The standard InChI is InChI=1S/C14H15N3/c1-14(2,3)17-9-8-13(16-17)11-6-5-7-12(10-11)15-4/h5-10H,1-3H3. The van der Waals surface area contributed by atoms with Crippen LogP contribution in [-0.4, -0.2) is 9.78 Å². The molecule has 3 heteroatoms. The van der Waals surface area contributed by atoms with E-state index in [4.69, 9.17) is 6.57 Å². The van der Waals surface area contributed by atoms with E-state index in [0.717, 1.165) is 11.3 Å². The van der Waals surface area contributed by atoms with Gasteiger partial charge < -0.3 is 0 Å². The quantitative estimate of drug-likeness (QED) is 0.675. The van der Waals surface area contributed by atoms with Crippen LogP contribution >= 0.6 is 0 Å². The first-order valence-corrected chi connectivity index (χ1v) is 5.55. The van der Waals surface area contributed by atoms with Gasteiger partial charge in [0.25, 0.3) is 0 Å². The lowest BCUT2D eigenvalue weighted by atomic mass is 10.1. The number of rotatable bonds is 1. The monoisotopic (exact) mass is 225 g/mol. The second kappa shape index (κ2) is 4.06. The molecule has 1 aromatic heterocycles. The summed E-state index contributed by atoms with van der Waals surface area (Å²) in [6.45, 7) is 13.3. The van der Waals surface area contributed by atoms with Crippen LogP contribution in [0.2, 0.25) is 0 Å². The minimum Gasteiger partial charge on any atom is -0.267 e. The topological polar surface area (TPSA) is 22.2 Å². The number of nitrogens with zero attached hydrogens (tertiary/aromatic N) is 3. The molecular formula is C14H15N3. The van der Waals surface area contributed by atoms with E-state index in [9.17, 15) is 0 Å². The van der Waals surface area contributed by atoms with Gasteiger partial charge in [0.15, 0.2) is 5.69 Å². The van der Waals surface area contributed by atoms with Crippen LogP contribution in [0.4, 0.5) is 5.69 Å². The van der Waals surface area contributed by atoms with E-state index in [2.05, 4.69) is 30.7 Å². The van der Waals surface area contributed by atoms with Gasteiger partial charge in [0.1, 0.15) is 0 Å².